The maximum Gasteiger partial charge on any atom is 0.123 e. The van der Waals surface area contributed by atoms with Gasteiger partial charge in [0, 0.05) is 18.8 Å². The lowest BCUT2D eigenvalue weighted by molar-refractivity contribution is 0.403. The zero-order valence-electron chi connectivity index (χ0n) is 11.4. The van der Waals surface area contributed by atoms with Crippen molar-refractivity contribution in [2.75, 3.05) is 19.4 Å². The monoisotopic (exact) mass is 258 g/mol. The van der Waals surface area contributed by atoms with Gasteiger partial charge in [-0.1, -0.05) is 30.3 Å². The Morgan fingerprint density at radius 2 is 1.84 bits per heavy atom. The van der Waals surface area contributed by atoms with Gasteiger partial charge in [-0.2, -0.15) is 0 Å². The van der Waals surface area contributed by atoms with Crippen molar-refractivity contribution < 1.29 is 4.39 Å². The second kappa shape index (κ2) is 6.34. The third-order valence-corrected chi connectivity index (χ3v) is 2.88. The molecule has 0 bridgehead atoms. The van der Waals surface area contributed by atoms with Crippen molar-refractivity contribution in [3.8, 4) is 0 Å². The fraction of sp³-hybridized carbons (Fsp3) is 0.250. The number of rotatable bonds is 5. The quantitative estimate of drug-likeness (QED) is 0.883. The van der Waals surface area contributed by atoms with Gasteiger partial charge >= 0.3 is 0 Å². The van der Waals surface area contributed by atoms with Gasteiger partial charge in [-0.05, 0) is 43.4 Å². The van der Waals surface area contributed by atoms with Crippen molar-refractivity contribution in [1.82, 2.24) is 4.90 Å². The Hall–Kier alpha value is -1.87. The highest BCUT2D eigenvalue weighted by Gasteiger charge is 2.03. The van der Waals surface area contributed by atoms with Crippen molar-refractivity contribution in [3.05, 3.63) is 65.5 Å². The van der Waals surface area contributed by atoms with Gasteiger partial charge in [0.1, 0.15) is 5.82 Å². The first-order valence-corrected chi connectivity index (χ1v) is 6.36. The van der Waals surface area contributed by atoms with E-state index in [1.165, 1.54) is 11.6 Å². The molecule has 0 radical (unpaired) electrons. The molecule has 19 heavy (non-hydrogen) atoms. The molecule has 0 spiro atoms. The van der Waals surface area contributed by atoms with Gasteiger partial charge in [-0.25, -0.2) is 4.39 Å². The summed E-state index contributed by atoms with van der Waals surface area (Å²) in [5.74, 6) is -0.194. The molecular weight excluding hydrogens is 239 g/mol. The smallest absolute Gasteiger partial charge is 0.123 e. The number of hydrogen-bond donors (Lipinski definition) is 1. The number of nitrogens with one attached hydrogen (secondary N) is 1. The summed E-state index contributed by atoms with van der Waals surface area (Å²) < 4.78 is 13.1. The third-order valence-electron chi connectivity index (χ3n) is 2.88. The summed E-state index contributed by atoms with van der Waals surface area (Å²) in [6, 6.07) is 14.9. The van der Waals surface area contributed by atoms with Crippen LogP contribution < -0.4 is 5.32 Å². The van der Waals surface area contributed by atoms with Gasteiger partial charge in [0.05, 0.1) is 0 Å². The van der Waals surface area contributed by atoms with E-state index in [-0.39, 0.29) is 5.82 Å². The Kier molecular flexibility index (Phi) is 4.53. The van der Waals surface area contributed by atoms with Gasteiger partial charge < -0.3 is 10.2 Å². The highest BCUT2D eigenvalue weighted by molar-refractivity contribution is 5.51. The van der Waals surface area contributed by atoms with Crippen LogP contribution in [0.3, 0.4) is 0 Å². The van der Waals surface area contributed by atoms with Crippen LogP contribution >= 0.6 is 0 Å². The first kappa shape index (κ1) is 13.6. The van der Waals surface area contributed by atoms with Crippen LogP contribution in [0.2, 0.25) is 0 Å². The molecule has 0 aliphatic rings. The average molecular weight is 258 g/mol. The molecule has 0 saturated carbocycles. The maximum atomic E-state index is 13.1. The minimum absolute atomic E-state index is 0.194. The van der Waals surface area contributed by atoms with Crippen molar-refractivity contribution in [3.63, 3.8) is 0 Å². The standard InChI is InChI=1S/C16H19FN2/c1-19(2)12-14-7-3-4-9-16(14)18-11-13-6-5-8-15(17)10-13/h3-10,18H,11-12H2,1-2H3. The summed E-state index contributed by atoms with van der Waals surface area (Å²) in [7, 11) is 4.09. The topological polar surface area (TPSA) is 15.3 Å². The molecule has 2 nitrogen and oxygen atoms in total. The summed E-state index contributed by atoms with van der Waals surface area (Å²) in [6.45, 7) is 1.51. The minimum Gasteiger partial charge on any atom is -0.381 e. The lowest BCUT2D eigenvalue weighted by Gasteiger charge is -2.15. The number of para-hydroxylation sites is 1. The molecule has 100 valence electrons. The number of hydrogen-bond acceptors (Lipinski definition) is 2. The highest BCUT2D eigenvalue weighted by Crippen LogP contribution is 2.17. The van der Waals surface area contributed by atoms with Gasteiger partial charge in [-0.15, -0.1) is 0 Å². The molecule has 0 amide bonds. The highest BCUT2D eigenvalue weighted by atomic mass is 19.1. The predicted octanol–water partition coefficient (Wildman–Crippen LogP) is 3.50. The molecule has 0 fully saturated rings. The molecule has 0 aromatic heterocycles. The Morgan fingerprint density at radius 1 is 1.05 bits per heavy atom. The summed E-state index contributed by atoms with van der Waals surface area (Å²) in [6.07, 6.45) is 0. The molecule has 1 N–H and O–H groups in total. The first-order chi connectivity index (χ1) is 9.15. The van der Waals surface area contributed by atoms with Gasteiger partial charge in [-0.3, -0.25) is 0 Å². The molecule has 0 aliphatic carbocycles. The summed E-state index contributed by atoms with van der Waals surface area (Å²) >= 11 is 0. The van der Waals surface area contributed by atoms with Crippen LogP contribution in [0, 0.1) is 5.82 Å². The molecule has 0 unspecified atom stereocenters. The fourth-order valence-corrected chi connectivity index (χ4v) is 2.02. The summed E-state index contributed by atoms with van der Waals surface area (Å²) in [4.78, 5) is 2.13. The van der Waals surface area contributed by atoms with E-state index >= 15 is 0 Å². The molecule has 0 aliphatic heterocycles. The SMILES string of the molecule is CN(C)Cc1ccccc1NCc1cccc(F)c1. The van der Waals surface area contributed by atoms with Crippen LogP contribution in [0.4, 0.5) is 10.1 Å². The van der Waals surface area contributed by atoms with Crippen LogP contribution in [0.15, 0.2) is 48.5 Å². The van der Waals surface area contributed by atoms with E-state index in [4.69, 9.17) is 0 Å². The van der Waals surface area contributed by atoms with Crippen LogP contribution in [0.1, 0.15) is 11.1 Å². The number of halogens is 1. The summed E-state index contributed by atoms with van der Waals surface area (Å²) in [5, 5.41) is 3.37. The molecular formula is C16H19FN2. The van der Waals surface area contributed by atoms with Crippen molar-refractivity contribution in [1.29, 1.82) is 0 Å². The molecule has 3 heteroatoms. The Morgan fingerprint density at radius 3 is 2.58 bits per heavy atom. The molecule has 0 atom stereocenters. The molecule has 2 aromatic carbocycles. The normalized spacial score (nSPS) is 10.7. The van der Waals surface area contributed by atoms with E-state index in [0.29, 0.717) is 6.54 Å². The zero-order valence-corrected chi connectivity index (χ0v) is 11.4. The molecule has 0 saturated heterocycles. The Bertz CT molecular complexity index is 538. The zero-order chi connectivity index (χ0) is 13.7. The van der Waals surface area contributed by atoms with Crippen molar-refractivity contribution in [2.45, 2.75) is 13.1 Å². The largest absolute Gasteiger partial charge is 0.381 e. The molecule has 2 aromatic rings. The predicted molar refractivity (Wildman–Crippen MR) is 77.6 cm³/mol. The van der Waals surface area contributed by atoms with Crippen LogP contribution in [0.25, 0.3) is 0 Å². The Labute approximate surface area is 113 Å². The van der Waals surface area contributed by atoms with Gasteiger partial charge in [0.15, 0.2) is 0 Å². The van der Waals surface area contributed by atoms with Gasteiger partial charge in [0.25, 0.3) is 0 Å². The summed E-state index contributed by atoms with van der Waals surface area (Å²) in [5.41, 5.74) is 3.28. The van der Waals surface area contributed by atoms with E-state index in [0.717, 1.165) is 17.8 Å². The van der Waals surface area contributed by atoms with Crippen LogP contribution in [-0.2, 0) is 13.1 Å². The molecule has 0 heterocycles. The second-order valence-electron chi connectivity index (χ2n) is 4.88. The van der Waals surface area contributed by atoms with Crippen molar-refractivity contribution >= 4 is 5.69 Å². The minimum atomic E-state index is -0.194. The number of anilines is 1. The van der Waals surface area contributed by atoms with E-state index < -0.39 is 0 Å². The Balaban J connectivity index is 2.07. The maximum absolute atomic E-state index is 13.1. The van der Waals surface area contributed by atoms with Crippen LogP contribution in [0.5, 0.6) is 0 Å². The van der Waals surface area contributed by atoms with E-state index in [9.17, 15) is 4.39 Å². The van der Waals surface area contributed by atoms with E-state index in [2.05, 4.69) is 22.3 Å². The van der Waals surface area contributed by atoms with Crippen molar-refractivity contribution in [2.24, 2.45) is 0 Å². The number of benzene rings is 2. The van der Waals surface area contributed by atoms with Crippen LogP contribution in [-0.4, -0.2) is 19.0 Å². The lowest BCUT2D eigenvalue weighted by atomic mass is 10.1. The lowest BCUT2D eigenvalue weighted by Crippen LogP contribution is -2.12. The van der Waals surface area contributed by atoms with E-state index in [1.807, 2.05) is 32.3 Å². The van der Waals surface area contributed by atoms with Gasteiger partial charge in [0.2, 0.25) is 0 Å². The first-order valence-electron chi connectivity index (χ1n) is 6.36. The fourth-order valence-electron chi connectivity index (χ4n) is 2.02. The average Bonchev–Trinajstić information content (AvgIpc) is 2.37. The third kappa shape index (κ3) is 4.07. The second-order valence-corrected chi connectivity index (χ2v) is 4.88. The molecule has 2 rings (SSSR count). The number of nitrogens with zero attached hydrogens (tertiary/aromatic N) is 1. The van der Waals surface area contributed by atoms with E-state index in [1.54, 1.807) is 12.1 Å².